The van der Waals surface area contributed by atoms with E-state index in [4.69, 9.17) is 16.0 Å². The molecule has 0 spiro atoms. The molecule has 0 bridgehead atoms. The van der Waals surface area contributed by atoms with E-state index in [0.717, 1.165) is 36.0 Å². The molecule has 0 unspecified atom stereocenters. The van der Waals surface area contributed by atoms with Crippen LogP contribution >= 0.6 is 11.6 Å². The summed E-state index contributed by atoms with van der Waals surface area (Å²) in [5.41, 5.74) is 2.33. The van der Waals surface area contributed by atoms with Crippen molar-refractivity contribution in [3.8, 4) is 0 Å². The van der Waals surface area contributed by atoms with Gasteiger partial charge in [-0.25, -0.2) is 0 Å². The Bertz CT molecular complexity index is 578. The smallest absolute Gasteiger partial charge is 0.123 e. The molecule has 2 aromatic rings. The highest BCUT2D eigenvalue weighted by atomic mass is 35.5. The Balaban J connectivity index is 1.77. The van der Waals surface area contributed by atoms with Crippen LogP contribution in [0.3, 0.4) is 0 Å². The zero-order valence-corrected chi connectivity index (χ0v) is 13.1. The van der Waals surface area contributed by atoms with E-state index in [1.807, 2.05) is 12.1 Å². The lowest BCUT2D eigenvalue weighted by molar-refractivity contribution is 0.501. The third-order valence-electron chi connectivity index (χ3n) is 3.83. The summed E-state index contributed by atoms with van der Waals surface area (Å²) < 4.78 is 5.49. The average molecular weight is 305 g/mol. The lowest BCUT2D eigenvalue weighted by Gasteiger charge is -2.24. The number of rotatable bonds is 7. The molecule has 0 saturated heterocycles. The summed E-state index contributed by atoms with van der Waals surface area (Å²) in [4.78, 5) is 2.39. The number of furan rings is 1. The highest BCUT2D eigenvalue weighted by Crippen LogP contribution is 2.35. The first-order valence-electron chi connectivity index (χ1n) is 7.56. The molecule has 0 amide bonds. The standard InChI is InChI=1S/C17H21ClN2O/c1-2-19-11-13-5-6-15(10-17(13)18)20(14-7-8-14)12-16-4-3-9-21-16/h3-6,9-10,14,19H,2,7-8,11-12H2,1H3. The van der Waals surface area contributed by atoms with Gasteiger partial charge in [-0.3, -0.25) is 0 Å². The van der Waals surface area contributed by atoms with Gasteiger partial charge in [0, 0.05) is 23.3 Å². The zero-order valence-electron chi connectivity index (χ0n) is 12.3. The third kappa shape index (κ3) is 3.60. The molecule has 1 aromatic heterocycles. The van der Waals surface area contributed by atoms with Crippen molar-refractivity contribution < 1.29 is 4.42 Å². The topological polar surface area (TPSA) is 28.4 Å². The first-order chi connectivity index (χ1) is 10.3. The van der Waals surface area contributed by atoms with Gasteiger partial charge in [-0.2, -0.15) is 0 Å². The van der Waals surface area contributed by atoms with Crippen LogP contribution in [0.1, 0.15) is 31.1 Å². The Morgan fingerprint density at radius 1 is 1.33 bits per heavy atom. The van der Waals surface area contributed by atoms with Gasteiger partial charge in [0.05, 0.1) is 12.8 Å². The van der Waals surface area contributed by atoms with Gasteiger partial charge < -0.3 is 14.6 Å². The Hall–Kier alpha value is -1.45. The summed E-state index contributed by atoms with van der Waals surface area (Å²) in [6.45, 7) is 4.67. The monoisotopic (exact) mass is 304 g/mol. The lowest BCUT2D eigenvalue weighted by atomic mass is 10.2. The minimum absolute atomic E-state index is 0.616. The van der Waals surface area contributed by atoms with E-state index in [2.05, 4.69) is 35.3 Å². The van der Waals surface area contributed by atoms with Gasteiger partial charge >= 0.3 is 0 Å². The van der Waals surface area contributed by atoms with E-state index in [9.17, 15) is 0 Å². The molecule has 4 heteroatoms. The molecular weight excluding hydrogens is 284 g/mol. The van der Waals surface area contributed by atoms with Crippen molar-refractivity contribution in [2.24, 2.45) is 0 Å². The van der Waals surface area contributed by atoms with Crippen LogP contribution in [0.4, 0.5) is 5.69 Å². The first-order valence-corrected chi connectivity index (χ1v) is 7.94. The summed E-state index contributed by atoms with van der Waals surface area (Å²) in [5.74, 6) is 0.995. The number of halogens is 1. The van der Waals surface area contributed by atoms with Crippen LogP contribution in [-0.2, 0) is 13.1 Å². The van der Waals surface area contributed by atoms with E-state index in [0.29, 0.717) is 6.04 Å². The highest BCUT2D eigenvalue weighted by Gasteiger charge is 2.30. The molecule has 112 valence electrons. The van der Waals surface area contributed by atoms with Crippen LogP contribution in [-0.4, -0.2) is 12.6 Å². The minimum atomic E-state index is 0.616. The maximum Gasteiger partial charge on any atom is 0.123 e. The van der Waals surface area contributed by atoms with Crippen LogP contribution in [0.25, 0.3) is 0 Å². The second kappa shape index (κ2) is 6.54. The molecule has 1 fully saturated rings. The third-order valence-corrected chi connectivity index (χ3v) is 4.18. The van der Waals surface area contributed by atoms with Crippen molar-refractivity contribution >= 4 is 17.3 Å². The van der Waals surface area contributed by atoms with E-state index in [1.54, 1.807) is 6.26 Å². The number of nitrogens with one attached hydrogen (secondary N) is 1. The molecule has 3 nitrogen and oxygen atoms in total. The number of nitrogens with zero attached hydrogens (tertiary/aromatic N) is 1. The van der Waals surface area contributed by atoms with Gasteiger partial charge in [0.15, 0.2) is 0 Å². The Morgan fingerprint density at radius 3 is 2.81 bits per heavy atom. The minimum Gasteiger partial charge on any atom is -0.467 e. The second-order valence-corrected chi connectivity index (χ2v) is 5.90. The van der Waals surface area contributed by atoms with Crippen LogP contribution in [0, 0.1) is 0 Å². The van der Waals surface area contributed by atoms with Gasteiger partial charge in [0.2, 0.25) is 0 Å². The number of benzene rings is 1. The fraction of sp³-hybridized carbons (Fsp3) is 0.412. The fourth-order valence-electron chi connectivity index (χ4n) is 2.51. The van der Waals surface area contributed by atoms with Crippen LogP contribution in [0.2, 0.25) is 5.02 Å². The molecule has 21 heavy (non-hydrogen) atoms. The summed E-state index contributed by atoms with van der Waals surface area (Å²) in [7, 11) is 0. The van der Waals surface area contributed by atoms with Crippen molar-refractivity contribution in [1.82, 2.24) is 5.32 Å². The summed E-state index contributed by atoms with van der Waals surface area (Å²) in [5, 5.41) is 4.14. The van der Waals surface area contributed by atoms with E-state index in [-0.39, 0.29) is 0 Å². The Kier molecular flexibility index (Phi) is 4.51. The Morgan fingerprint density at radius 2 is 2.19 bits per heavy atom. The normalized spacial score (nSPS) is 14.4. The molecule has 0 atom stereocenters. The molecule has 3 rings (SSSR count). The van der Waals surface area contributed by atoms with E-state index >= 15 is 0 Å². The molecule has 1 heterocycles. The number of hydrogen-bond donors (Lipinski definition) is 1. The SMILES string of the molecule is CCNCc1ccc(N(Cc2ccco2)C2CC2)cc1Cl. The highest BCUT2D eigenvalue weighted by molar-refractivity contribution is 6.31. The molecule has 0 radical (unpaired) electrons. The van der Waals surface area contributed by atoms with Crippen molar-refractivity contribution in [1.29, 1.82) is 0 Å². The van der Waals surface area contributed by atoms with E-state index < -0.39 is 0 Å². The average Bonchev–Trinajstić information content (AvgIpc) is 3.20. The van der Waals surface area contributed by atoms with Gasteiger partial charge in [-0.05, 0) is 49.2 Å². The van der Waals surface area contributed by atoms with Gasteiger partial charge in [0.25, 0.3) is 0 Å². The molecule has 1 aliphatic carbocycles. The predicted octanol–water partition coefficient (Wildman–Crippen LogP) is 4.21. The molecule has 1 N–H and O–H groups in total. The summed E-state index contributed by atoms with van der Waals surface area (Å²) >= 11 is 6.43. The molecule has 1 aliphatic rings. The van der Waals surface area contributed by atoms with Crippen molar-refractivity contribution in [2.75, 3.05) is 11.4 Å². The molecule has 1 aromatic carbocycles. The van der Waals surface area contributed by atoms with Crippen LogP contribution in [0.15, 0.2) is 41.0 Å². The summed E-state index contributed by atoms with van der Waals surface area (Å²) in [6.07, 6.45) is 4.22. The number of anilines is 1. The van der Waals surface area contributed by atoms with Crippen molar-refractivity contribution in [3.63, 3.8) is 0 Å². The Labute approximate surface area is 130 Å². The summed E-state index contributed by atoms with van der Waals surface area (Å²) in [6, 6.07) is 10.9. The van der Waals surface area contributed by atoms with Crippen molar-refractivity contribution in [3.05, 3.63) is 52.9 Å². The quantitative estimate of drug-likeness (QED) is 0.830. The van der Waals surface area contributed by atoms with Gasteiger partial charge in [0.1, 0.15) is 5.76 Å². The van der Waals surface area contributed by atoms with Gasteiger partial charge in [-0.15, -0.1) is 0 Å². The maximum atomic E-state index is 6.43. The lowest BCUT2D eigenvalue weighted by Crippen LogP contribution is -2.24. The fourth-order valence-corrected chi connectivity index (χ4v) is 2.75. The van der Waals surface area contributed by atoms with Gasteiger partial charge in [-0.1, -0.05) is 24.6 Å². The second-order valence-electron chi connectivity index (χ2n) is 5.49. The molecular formula is C17H21ClN2O. The van der Waals surface area contributed by atoms with E-state index in [1.165, 1.54) is 18.5 Å². The van der Waals surface area contributed by atoms with Crippen LogP contribution < -0.4 is 10.2 Å². The number of hydrogen-bond acceptors (Lipinski definition) is 3. The largest absolute Gasteiger partial charge is 0.467 e. The zero-order chi connectivity index (χ0) is 14.7. The maximum absolute atomic E-state index is 6.43. The van der Waals surface area contributed by atoms with Crippen LogP contribution in [0.5, 0.6) is 0 Å². The molecule has 0 aliphatic heterocycles. The molecule has 1 saturated carbocycles. The first kappa shape index (κ1) is 14.5. The van der Waals surface area contributed by atoms with Crippen molar-refractivity contribution in [2.45, 2.75) is 38.9 Å². The predicted molar refractivity (Wildman–Crippen MR) is 86.7 cm³/mol.